The van der Waals surface area contributed by atoms with Crippen LogP contribution in [-0.2, 0) is 0 Å². The van der Waals surface area contributed by atoms with E-state index in [2.05, 4.69) is 66.1 Å². The summed E-state index contributed by atoms with van der Waals surface area (Å²) in [6.07, 6.45) is 1.08. The van der Waals surface area contributed by atoms with Crippen molar-refractivity contribution in [3.63, 3.8) is 0 Å². The first-order valence-electron chi connectivity index (χ1n) is 7.41. The van der Waals surface area contributed by atoms with Gasteiger partial charge >= 0.3 is 0 Å². The van der Waals surface area contributed by atoms with Crippen LogP contribution >= 0.6 is 15.9 Å². The van der Waals surface area contributed by atoms with Gasteiger partial charge in [0.15, 0.2) is 0 Å². The highest BCUT2D eigenvalue weighted by Crippen LogP contribution is 2.28. The number of hydrogen-bond donors (Lipinski definition) is 1. The Hall–Kier alpha value is -1.42. The highest BCUT2D eigenvalue weighted by atomic mass is 79.9. The zero-order valence-electron chi connectivity index (χ0n) is 13.1. The van der Waals surface area contributed by atoms with Gasteiger partial charge in [-0.3, -0.25) is 0 Å². The first-order chi connectivity index (χ1) is 10.0. The van der Waals surface area contributed by atoms with E-state index in [-0.39, 0.29) is 0 Å². The van der Waals surface area contributed by atoms with E-state index in [0.717, 1.165) is 45.9 Å². The molecule has 0 amide bonds. The van der Waals surface area contributed by atoms with Gasteiger partial charge < -0.3 is 5.32 Å². The predicted octanol–water partition coefficient (Wildman–Crippen LogP) is 5.16. The zero-order valence-corrected chi connectivity index (χ0v) is 14.7. The van der Waals surface area contributed by atoms with Crippen LogP contribution in [0.2, 0.25) is 0 Å². The van der Waals surface area contributed by atoms with Gasteiger partial charge in [0, 0.05) is 28.1 Å². The molecule has 0 radical (unpaired) electrons. The summed E-state index contributed by atoms with van der Waals surface area (Å²) in [4.78, 5) is 9.46. The first-order valence-corrected chi connectivity index (χ1v) is 8.20. The third kappa shape index (κ3) is 3.82. The standard InChI is InChI=1S/C17H22BrN3/c1-5-10-19-17-12(4)15(20-16(21-17)11(2)3)13-6-8-14(18)9-7-13/h6-9,11H,5,10H2,1-4H3,(H,19,20,21). The van der Waals surface area contributed by atoms with Crippen molar-refractivity contribution in [2.24, 2.45) is 0 Å². The lowest BCUT2D eigenvalue weighted by atomic mass is 10.1. The van der Waals surface area contributed by atoms with Crippen molar-refractivity contribution in [2.75, 3.05) is 11.9 Å². The fraction of sp³-hybridized carbons (Fsp3) is 0.412. The summed E-state index contributed by atoms with van der Waals surface area (Å²) >= 11 is 3.48. The molecule has 0 atom stereocenters. The SMILES string of the molecule is CCCNc1nc(C(C)C)nc(-c2ccc(Br)cc2)c1C. The maximum absolute atomic E-state index is 4.77. The molecule has 0 unspecified atom stereocenters. The van der Waals surface area contributed by atoms with E-state index in [4.69, 9.17) is 4.98 Å². The average molecular weight is 348 g/mol. The highest BCUT2D eigenvalue weighted by Gasteiger charge is 2.14. The summed E-state index contributed by atoms with van der Waals surface area (Å²) < 4.78 is 1.08. The van der Waals surface area contributed by atoms with Gasteiger partial charge in [0.2, 0.25) is 0 Å². The van der Waals surface area contributed by atoms with Crippen LogP contribution in [0.1, 0.15) is 44.5 Å². The molecule has 0 spiro atoms. The summed E-state index contributed by atoms with van der Waals surface area (Å²) in [5.41, 5.74) is 3.24. The number of hydrogen-bond acceptors (Lipinski definition) is 3. The maximum atomic E-state index is 4.77. The molecule has 0 saturated carbocycles. The van der Waals surface area contributed by atoms with Crippen LogP contribution in [0, 0.1) is 6.92 Å². The van der Waals surface area contributed by atoms with E-state index >= 15 is 0 Å². The third-order valence-electron chi connectivity index (χ3n) is 3.34. The molecule has 0 saturated heterocycles. The van der Waals surface area contributed by atoms with Gasteiger partial charge in [0.25, 0.3) is 0 Å². The van der Waals surface area contributed by atoms with Crippen LogP contribution in [0.25, 0.3) is 11.3 Å². The molecular weight excluding hydrogens is 326 g/mol. The fourth-order valence-electron chi connectivity index (χ4n) is 2.10. The van der Waals surface area contributed by atoms with Crippen LogP contribution in [0.3, 0.4) is 0 Å². The number of rotatable bonds is 5. The second kappa shape index (κ2) is 7.03. The lowest BCUT2D eigenvalue weighted by molar-refractivity contribution is 0.772. The molecule has 1 heterocycles. The molecule has 0 aliphatic heterocycles. The summed E-state index contributed by atoms with van der Waals surface area (Å²) in [5.74, 6) is 2.15. The molecule has 1 N–H and O–H groups in total. The minimum absolute atomic E-state index is 0.307. The average Bonchev–Trinajstić information content (AvgIpc) is 2.47. The van der Waals surface area contributed by atoms with Gasteiger partial charge in [0.05, 0.1) is 5.69 Å². The number of anilines is 1. The monoisotopic (exact) mass is 347 g/mol. The Kier molecular flexibility index (Phi) is 5.34. The van der Waals surface area contributed by atoms with E-state index in [1.54, 1.807) is 0 Å². The van der Waals surface area contributed by atoms with Crippen molar-refractivity contribution in [3.8, 4) is 11.3 Å². The van der Waals surface area contributed by atoms with E-state index in [1.165, 1.54) is 0 Å². The lowest BCUT2D eigenvalue weighted by Crippen LogP contribution is -2.09. The largest absolute Gasteiger partial charge is 0.370 e. The van der Waals surface area contributed by atoms with Crippen molar-refractivity contribution >= 4 is 21.7 Å². The van der Waals surface area contributed by atoms with Crippen molar-refractivity contribution in [3.05, 3.63) is 40.1 Å². The van der Waals surface area contributed by atoms with E-state index in [0.29, 0.717) is 5.92 Å². The quantitative estimate of drug-likeness (QED) is 0.811. The molecule has 4 heteroatoms. The minimum atomic E-state index is 0.307. The summed E-state index contributed by atoms with van der Waals surface area (Å²) in [6.45, 7) is 9.41. The van der Waals surface area contributed by atoms with Crippen LogP contribution in [-0.4, -0.2) is 16.5 Å². The molecule has 0 aliphatic rings. The van der Waals surface area contributed by atoms with Gasteiger partial charge in [-0.15, -0.1) is 0 Å². The Labute approximate surface area is 135 Å². The molecule has 0 bridgehead atoms. The molecular formula is C17H22BrN3. The number of nitrogens with one attached hydrogen (secondary N) is 1. The maximum Gasteiger partial charge on any atom is 0.133 e. The summed E-state index contributed by atoms with van der Waals surface area (Å²) in [5, 5.41) is 3.42. The first kappa shape index (κ1) is 16.0. The topological polar surface area (TPSA) is 37.8 Å². The molecule has 1 aromatic heterocycles. The molecule has 3 nitrogen and oxygen atoms in total. The minimum Gasteiger partial charge on any atom is -0.370 e. The van der Waals surface area contributed by atoms with Crippen LogP contribution in [0.4, 0.5) is 5.82 Å². The molecule has 0 aliphatic carbocycles. The van der Waals surface area contributed by atoms with Gasteiger partial charge in [-0.05, 0) is 25.5 Å². The van der Waals surface area contributed by atoms with Gasteiger partial charge in [0.1, 0.15) is 11.6 Å². The predicted molar refractivity (Wildman–Crippen MR) is 92.8 cm³/mol. The van der Waals surface area contributed by atoms with Crippen molar-refractivity contribution < 1.29 is 0 Å². The lowest BCUT2D eigenvalue weighted by Gasteiger charge is -2.15. The fourth-order valence-corrected chi connectivity index (χ4v) is 2.36. The van der Waals surface area contributed by atoms with Gasteiger partial charge in [-0.1, -0.05) is 48.8 Å². The Morgan fingerprint density at radius 1 is 1.14 bits per heavy atom. The summed E-state index contributed by atoms with van der Waals surface area (Å²) in [7, 11) is 0. The Balaban J connectivity index is 2.52. The molecule has 2 rings (SSSR count). The van der Waals surface area contributed by atoms with E-state index in [9.17, 15) is 0 Å². The van der Waals surface area contributed by atoms with Crippen molar-refractivity contribution in [1.29, 1.82) is 0 Å². The Morgan fingerprint density at radius 2 is 1.81 bits per heavy atom. The molecule has 21 heavy (non-hydrogen) atoms. The highest BCUT2D eigenvalue weighted by molar-refractivity contribution is 9.10. The molecule has 1 aromatic carbocycles. The van der Waals surface area contributed by atoms with Gasteiger partial charge in [-0.25, -0.2) is 9.97 Å². The Bertz CT molecular complexity index is 606. The van der Waals surface area contributed by atoms with E-state index < -0.39 is 0 Å². The number of halogens is 1. The third-order valence-corrected chi connectivity index (χ3v) is 3.87. The number of aromatic nitrogens is 2. The van der Waals surface area contributed by atoms with Crippen molar-refractivity contribution in [1.82, 2.24) is 9.97 Å². The van der Waals surface area contributed by atoms with Crippen LogP contribution < -0.4 is 5.32 Å². The Morgan fingerprint density at radius 3 is 2.38 bits per heavy atom. The zero-order chi connectivity index (χ0) is 15.4. The van der Waals surface area contributed by atoms with Crippen LogP contribution in [0.5, 0.6) is 0 Å². The molecule has 2 aromatic rings. The summed E-state index contributed by atoms with van der Waals surface area (Å²) in [6, 6.07) is 8.27. The smallest absolute Gasteiger partial charge is 0.133 e. The van der Waals surface area contributed by atoms with Crippen molar-refractivity contribution in [2.45, 2.75) is 40.0 Å². The number of nitrogens with zero attached hydrogens (tertiary/aromatic N) is 2. The molecule has 0 fully saturated rings. The van der Waals surface area contributed by atoms with Crippen LogP contribution in [0.15, 0.2) is 28.7 Å². The normalized spacial score (nSPS) is 11.0. The number of benzene rings is 1. The van der Waals surface area contributed by atoms with Gasteiger partial charge in [-0.2, -0.15) is 0 Å². The van der Waals surface area contributed by atoms with E-state index in [1.807, 2.05) is 12.1 Å². The second-order valence-electron chi connectivity index (χ2n) is 5.49. The second-order valence-corrected chi connectivity index (χ2v) is 6.41. The molecule has 112 valence electrons.